The Bertz CT molecular complexity index is 562. The summed E-state index contributed by atoms with van der Waals surface area (Å²) < 4.78 is 0. The van der Waals surface area contributed by atoms with Crippen LogP contribution in [0.1, 0.15) is 36.4 Å². The number of hydrogen-bond acceptors (Lipinski definition) is 3. The van der Waals surface area contributed by atoms with Crippen LogP contribution in [0.2, 0.25) is 0 Å². The van der Waals surface area contributed by atoms with E-state index < -0.39 is 0 Å². The minimum absolute atomic E-state index is 0.0782. The van der Waals surface area contributed by atoms with Crippen molar-refractivity contribution in [3.8, 4) is 0 Å². The Morgan fingerprint density at radius 1 is 1.30 bits per heavy atom. The molecule has 3 N–H and O–H groups in total. The highest BCUT2D eigenvalue weighted by Gasteiger charge is 2.34. The highest BCUT2D eigenvalue weighted by atomic mass is 16.2. The standard InChI is InChI=1S/C15H21N3O2/c1-9-6-10(7-14(19)17-9)12-4-5-16-8-13(12)15(20)18-11-2-3-11/h6-7,11-13,16H,2-5,8H2,1H3,(H,17,19)(H,18,20). The van der Waals surface area contributed by atoms with E-state index in [9.17, 15) is 9.59 Å². The van der Waals surface area contributed by atoms with E-state index >= 15 is 0 Å². The molecule has 2 unspecified atom stereocenters. The third-order valence-electron chi connectivity index (χ3n) is 4.17. The van der Waals surface area contributed by atoms with Crippen molar-refractivity contribution in [2.75, 3.05) is 13.1 Å². The van der Waals surface area contributed by atoms with Crippen LogP contribution in [0.5, 0.6) is 0 Å². The first-order valence-electron chi connectivity index (χ1n) is 7.35. The minimum Gasteiger partial charge on any atom is -0.353 e. The summed E-state index contributed by atoms with van der Waals surface area (Å²) >= 11 is 0. The number of pyridine rings is 1. The van der Waals surface area contributed by atoms with E-state index in [0.717, 1.165) is 37.1 Å². The summed E-state index contributed by atoms with van der Waals surface area (Å²) in [5.41, 5.74) is 1.76. The molecule has 2 heterocycles. The monoisotopic (exact) mass is 275 g/mol. The molecule has 3 rings (SSSR count). The van der Waals surface area contributed by atoms with E-state index in [2.05, 4.69) is 15.6 Å². The summed E-state index contributed by atoms with van der Waals surface area (Å²) in [7, 11) is 0. The van der Waals surface area contributed by atoms with E-state index in [1.54, 1.807) is 6.07 Å². The van der Waals surface area contributed by atoms with Crippen LogP contribution in [0.25, 0.3) is 0 Å². The maximum Gasteiger partial charge on any atom is 0.248 e. The molecule has 1 saturated heterocycles. The van der Waals surface area contributed by atoms with E-state index in [-0.39, 0.29) is 23.3 Å². The smallest absolute Gasteiger partial charge is 0.248 e. The maximum atomic E-state index is 12.4. The molecule has 1 aromatic rings. The first-order valence-corrected chi connectivity index (χ1v) is 7.35. The molecule has 2 fully saturated rings. The van der Waals surface area contributed by atoms with Crippen LogP contribution >= 0.6 is 0 Å². The number of carbonyl (C=O) groups excluding carboxylic acids is 1. The minimum atomic E-state index is -0.0834. The Balaban J connectivity index is 1.83. The van der Waals surface area contributed by atoms with Gasteiger partial charge in [-0.25, -0.2) is 0 Å². The number of aryl methyl sites for hydroxylation is 1. The van der Waals surface area contributed by atoms with Crippen LogP contribution in [0.15, 0.2) is 16.9 Å². The summed E-state index contributed by atoms with van der Waals surface area (Å²) in [5, 5.41) is 6.38. The van der Waals surface area contributed by atoms with Gasteiger partial charge in [0.25, 0.3) is 0 Å². The lowest BCUT2D eigenvalue weighted by Gasteiger charge is -2.31. The fraction of sp³-hybridized carbons (Fsp3) is 0.600. The summed E-state index contributed by atoms with van der Waals surface area (Å²) in [5.74, 6) is 0.184. The van der Waals surface area contributed by atoms with Crippen molar-refractivity contribution in [1.29, 1.82) is 0 Å². The van der Waals surface area contributed by atoms with Crippen LogP contribution < -0.4 is 16.2 Å². The first-order chi connectivity index (χ1) is 9.63. The molecule has 1 aromatic heterocycles. The molecule has 2 atom stereocenters. The van der Waals surface area contributed by atoms with Crippen molar-refractivity contribution < 1.29 is 4.79 Å². The average Bonchev–Trinajstić information content (AvgIpc) is 3.21. The largest absolute Gasteiger partial charge is 0.353 e. The number of aromatic nitrogens is 1. The quantitative estimate of drug-likeness (QED) is 0.758. The van der Waals surface area contributed by atoms with Crippen molar-refractivity contribution >= 4 is 5.91 Å². The van der Waals surface area contributed by atoms with Gasteiger partial charge in [-0.05, 0) is 50.3 Å². The number of hydrogen-bond donors (Lipinski definition) is 3. The van der Waals surface area contributed by atoms with Crippen LogP contribution in [-0.2, 0) is 4.79 Å². The van der Waals surface area contributed by atoms with Gasteiger partial charge in [0, 0.05) is 24.3 Å². The van der Waals surface area contributed by atoms with Gasteiger partial charge in [-0.1, -0.05) is 0 Å². The molecule has 0 bridgehead atoms. The van der Waals surface area contributed by atoms with Crippen molar-refractivity contribution in [3.63, 3.8) is 0 Å². The average molecular weight is 275 g/mol. The van der Waals surface area contributed by atoms with Crippen LogP contribution in [0.4, 0.5) is 0 Å². The molecule has 0 aromatic carbocycles. The fourth-order valence-corrected chi connectivity index (χ4v) is 2.99. The van der Waals surface area contributed by atoms with Crippen molar-refractivity contribution in [1.82, 2.24) is 15.6 Å². The molecular weight excluding hydrogens is 254 g/mol. The van der Waals surface area contributed by atoms with Crippen molar-refractivity contribution in [2.45, 2.75) is 38.1 Å². The Morgan fingerprint density at radius 2 is 2.10 bits per heavy atom. The Hall–Kier alpha value is -1.62. The van der Waals surface area contributed by atoms with Gasteiger partial charge in [-0.2, -0.15) is 0 Å². The second-order valence-corrected chi connectivity index (χ2v) is 5.95. The number of aromatic amines is 1. The number of carbonyl (C=O) groups is 1. The van der Waals surface area contributed by atoms with Gasteiger partial charge in [0.2, 0.25) is 11.5 Å². The van der Waals surface area contributed by atoms with Gasteiger partial charge in [0.1, 0.15) is 0 Å². The zero-order chi connectivity index (χ0) is 14.1. The van der Waals surface area contributed by atoms with Crippen LogP contribution in [0, 0.1) is 12.8 Å². The Morgan fingerprint density at radius 3 is 2.80 bits per heavy atom. The molecule has 1 saturated carbocycles. The fourth-order valence-electron chi connectivity index (χ4n) is 2.99. The lowest BCUT2D eigenvalue weighted by atomic mass is 9.80. The van der Waals surface area contributed by atoms with Crippen molar-refractivity contribution in [2.24, 2.45) is 5.92 Å². The lowest BCUT2D eigenvalue weighted by Crippen LogP contribution is -2.45. The zero-order valence-corrected chi connectivity index (χ0v) is 11.7. The second-order valence-electron chi connectivity index (χ2n) is 5.95. The first kappa shape index (κ1) is 13.4. The highest BCUT2D eigenvalue weighted by molar-refractivity contribution is 5.80. The van der Waals surface area contributed by atoms with E-state index in [1.165, 1.54) is 0 Å². The van der Waals surface area contributed by atoms with E-state index in [4.69, 9.17) is 0 Å². The Labute approximate surface area is 118 Å². The molecule has 1 aliphatic carbocycles. The van der Waals surface area contributed by atoms with Gasteiger partial charge in [-0.15, -0.1) is 0 Å². The third-order valence-corrected chi connectivity index (χ3v) is 4.17. The van der Waals surface area contributed by atoms with Gasteiger partial charge in [0.05, 0.1) is 5.92 Å². The number of amides is 1. The predicted octanol–water partition coefficient (Wildman–Crippen LogP) is 0.655. The molecule has 5 nitrogen and oxygen atoms in total. The summed E-state index contributed by atoms with van der Waals surface area (Å²) in [6.45, 7) is 3.46. The second kappa shape index (κ2) is 5.40. The highest BCUT2D eigenvalue weighted by Crippen LogP contribution is 2.31. The van der Waals surface area contributed by atoms with Crippen LogP contribution in [0.3, 0.4) is 0 Å². The predicted molar refractivity (Wildman–Crippen MR) is 76.7 cm³/mol. The number of nitrogens with one attached hydrogen (secondary N) is 3. The molecule has 0 radical (unpaired) electrons. The molecule has 1 aliphatic heterocycles. The Kier molecular flexibility index (Phi) is 3.61. The SMILES string of the molecule is Cc1cc(C2CCNCC2C(=O)NC2CC2)cc(=O)[nH]1. The van der Waals surface area contributed by atoms with Gasteiger partial charge in [0.15, 0.2) is 0 Å². The maximum absolute atomic E-state index is 12.4. The number of rotatable bonds is 3. The molecule has 108 valence electrons. The number of H-pyrrole nitrogens is 1. The lowest BCUT2D eigenvalue weighted by molar-refractivity contribution is -0.126. The topological polar surface area (TPSA) is 74.0 Å². The van der Waals surface area contributed by atoms with Crippen LogP contribution in [-0.4, -0.2) is 30.0 Å². The summed E-state index contributed by atoms with van der Waals surface area (Å²) in [6.07, 6.45) is 3.09. The molecule has 0 spiro atoms. The molecule has 2 aliphatic rings. The van der Waals surface area contributed by atoms with Gasteiger partial charge >= 0.3 is 0 Å². The van der Waals surface area contributed by atoms with E-state index in [1.807, 2.05) is 13.0 Å². The number of piperidine rings is 1. The third kappa shape index (κ3) is 2.93. The van der Waals surface area contributed by atoms with Gasteiger partial charge < -0.3 is 15.6 Å². The van der Waals surface area contributed by atoms with Crippen molar-refractivity contribution in [3.05, 3.63) is 33.7 Å². The zero-order valence-electron chi connectivity index (χ0n) is 11.7. The van der Waals surface area contributed by atoms with Gasteiger partial charge in [-0.3, -0.25) is 9.59 Å². The normalized spacial score (nSPS) is 26.2. The molecule has 1 amide bonds. The summed E-state index contributed by atoms with van der Waals surface area (Å²) in [6, 6.07) is 4.01. The van der Waals surface area contributed by atoms with E-state index in [0.29, 0.717) is 12.6 Å². The molecule has 5 heteroatoms. The molecule has 20 heavy (non-hydrogen) atoms. The summed E-state index contributed by atoms with van der Waals surface area (Å²) in [4.78, 5) is 26.8. The molecular formula is C15H21N3O2.